The summed E-state index contributed by atoms with van der Waals surface area (Å²) in [6, 6.07) is 0. The molecule has 2 rings (SSSR count). The maximum Gasteiger partial charge on any atom is 0.234 e. The molecule has 18 heavy (non-hydrogen) atoms. The van der Waals surface area contributed by atoms with Crippen molar-refractivity contribution in [2.75, 3.05) is 18.8 Å². The van der Waals surface area contributed by atoms with E-state index in [1.165, 1.54) is 12.8 Å². The van der Waals surface area contributed by atoms with Crippen LogP contribution in [0.25, 0.3) is 0 Å². The van der Waals surface area contributed by atoms with Gasteiger partial charge in [0, 0.05) is 6.54 Å². The van der Waals surface area contributed by atoms with Crippen molar-refractivity contribution >= 4 is 11.8 Å². The fraction of sp³-hybridized carbons (Fsp3) is 0.846. The van der Waals surface area contributed by atoms with Crippen LogP contribution in [0, 0.1) is 0 Å². The molecule has 1 fully saturated rings. The summed E-state index contributed by atoms with van der Waals surface area (Å²) in [5.41, 5.74) is 0.0684. The van der Waals surface area contributed by atoms with Crippen LogP contribution in [0.3, 0.4) is 0 Å². The maximum absolute atomic E-state index is 5.51. The summed E-state index contributed by atoms with van der Waals surface area (Å²) < 4.78 is 5.51. The van der Waals surface area contributed by atoms with E-state index >= 15 is 0 Å². The van der Waals surface area contributed by atoms with Gasteiger partial charge >= 0.3 is 0 Å². The van der Waals surface area contributed by atoms with E-state index in [0.717, 1.165) is 49.2 Å². The summed E-state index contributed by atoms with van der Waals surface area (Å²) in [6.45, 7) is 6.47. The summed E-state index contributed by atoms with van der Waals surface area (Å²) in [4.78, 5) is 4.61. The van der Waals surface area contributed by atoms with Crippen molar-refractivity contribution in [3.63, 3.8) is 0 Å². The van der Waals surface area contributed by atoms with Gasteiger partial charge < -0.3 is 9.84 Å². The third-order valence-corrected chi connectivity index (χ3v) is 4.81. The predicted molar refractivity (Wildman–Crippen MR) is 74.8 cm³/mol. The van der Waals surface area contributed by atoms with Crippen molar-refractivity contribution < 1.29 is 4.52 Å². The Bertz CT molecular complexity index is 361. The van der Waals surface area contributed by atoms with Crippen LogP contribution >= 0.6 is 11.8 Å². The molecular formula is C13H23N3OS. The zero-order chi connectivity index (χ0) is 12.8. The van der Waals surface area contributed by atoms with Gasteiger partial charge in [-0.2, -0.15) is 16.7 Å². The summed E-state index contributed by atoms with van der Waals surface area (Å²) in [5.74, 6) is 3.71. The minimum absolute atomic E-state index is 0.0684. The normalized spacial score (nSPS) is 24.3. The molecule has 0 bridgehead atoms. The number of aromatic nitrogens is 2. The Morgan fingerprint density at radius 3 is 3.00 bits per heavy atom. The van der Waals surface area contributed by atoms with E-state index in [4.69, 9.17) is 4.52 Å². The van der Waals surface area contributed by atoms with Crippen molar-refractivity contribution in [1.29, 1.82) is 0 Å². The van der Waals surface area contributed by atoms with Crippen LogP contribution in [0.15, 0.2) is 4.52 Å². The molecule has 1 aliphatic rings. The number of nitrogens with zero attached hydrogens (tertiary/aromatic N) is 2. The highest BCUT2D eigenvalue weighted by atomic mass is 32.2. The minimum Gasteiger partial charge on any atom is -0.339 e. The van der Waals surface area contributed by atoms with E-state index in [1.54, 1.807) is 0 Å². The molecule has 0 amide bonds. The second-order valence-corrected chi connectivity index (χ2v) is 6.09. The van der Waals surface area contributed by atoms with Gasteiger partial charge in [-0.1, -0.05) is 19.0 Å². The molecule has 1 N–H and O–H groups in total. The highest BCUT2D eigenvalue weighted by molar-refractivity contribution is 7.98. The first-order valence-electron chi connectivity index (χ1n) is 6.92. The summed E-state index contributed by atoms with van der Waals surface area (Å²) in [5, 5.41) is 7.58. The summed E-state index contributed by atoms with van der Waals surface area (Å²) in [7, 11) is 0. The Labute approximate surface area is 113 Å². The summed E-state index contributed by atoms with van der Waals surface area (Å²) >= 11 is 1.87. The molecular weight excluding hydrogens is 246 g/mol. The molecule has 0 aliphatic carbocycles. The molecule has 2 heterocycles. The molecule has 1 aliphatic heterocycles. The van der Waals surface area contributed by atoms with E-state index in [2.05, 4.69) is 29.3 Å². The largest absolute Gasteiger partial charge is 0.339 e. The monoisotopic (exact) mass is 269 g/mol. The standard InChI is InChI=1S/C13H23N3OS/c1-3-8-18-9-11-15-12(17-16-11)13(4-2)6-5-7-14-10-13/h14H,3-10H2,1-2H3. The molecule has 1 unspecified atom stereocenters. The Morgan fingerprint density at radius 1 is 1.44 bits per heavy atom. The number of piperidine rings is 1. The van der Waals surface area contributed by atoms with Crippen LogP contribution in [0.1, 0.15) is 51.2 Å². The molecule has 4 nitrogen and oxygen atoms in total. The Hall–Kier alpha value is -0.550. The Balaban J connectivity index is 2.02. The second kappa shape index (κ2) is 6.57. The van der Waals surface area contributed by atoms with Gasteiger partial charge in [-0.05, 0) is 38.0 Å². The van der Waals surface area contributed by atoms with Crippen molar-refractivity contribution in [2.45, 2.75) is 50.7 Å². The van der Waals surface area contributed by atoms with Crippen molar-refractivity contribution in [3.05, 3.63) is 11.7 Å². The smallest absolute Gasteiger partial charge is 0.234 e. The molecule has 1 saturated heterocycles. The van der Waals surface area contributed by atoms with E-state index in [9.17, 15) is 0 Å². The number of thioether (sulfide) groups is 1. The molecule has 1 aromatic rings. The van der Waals surface area contributed by atoms with Gasteiger partial charge in [-0.25, -0.2) is 0 Å². The number of rotatable bonds is 6. The first-order chi connectivity index (χ1) is 8.80. The van der Waals surface area contributed by atoms with Gasteiger partial charge in [0.05, 0.1) is 11.2 Å². The van der Waals surface area contributed by atoms with E-state index in [0.29, 0.717) is 0 Å². The minimum atomic E-state index is 0.0684. The van der Waals surface area contributed by atoms with E-state index < -0.39 is 0 Å². The molecule has 0 radical (unpaired) electrons. The fourth-order valence-electron chi connectivity index (χ4n) is 2.44. The quantitative estimate of drug-likeness (QED) is 0.805. The lowest BCUT2D eigenvalue weighted by atomic mass is 9.78. The van der Waals surface area contributed by atoms with Crippen molar-refractivity contribution in [3.8, 4) is 0 Å². The van der Waals surface area contributed by atoms with Crippen LogP contribution in [0.4, 0.5) is 0 Å². The molecule has 1 aromatic heterocycles. The highest BCUT2D eigenvalue weighted by Crippen LogP contribution is 2.33. The van der Waals surface area contributed by atoms with Crippen LogP contribution in [0.5, 0.6) is 0 Å². The van der Waals surface area contributed by atoms with Crippen molar-refractivity contribution in [1.82, 2.24) is 15.5 Å². The Kier molecular flexibility index (Phi) is 5.06. The number of hydrogen-bond acceptors (Lipinski definition) is 5. The lowest BCUT2D eigenvalue weighted by Gasteiger charge is -2.33. The summed E-state index contributed by atoms with van der Waals surface area (Å²) in [6.07, 6.45) is 4.60. The fourth-order valence-corrected chi connectivity index (χ4v) is 3.17. The Morgan fingerprint density at radius 2 is 2.33 bits per heavy atom. The number of nitrogens with one attached hydrogen (secondary N) is 1. The average Bonchev–Trinajstić information content (AvgIpc) is 2.89. The molecule has 0 aromatic carbocycles. The van der Waals surface area contributed by atoms with Crippen LogP contribution in [-0.2, 0) is 11.2 Å². The third kappa shape index (κ3) is 3.06. The zero-order valence-electron chi connectivity index (χ0n) is 11.4. The van der Waals surface area contributed by atoms with Gasteiger partial charge in [-0.3, -0.25) is 0 Å². The third-order valence-electron chi connectivity index (χ3n) is 3.65. The lowest BCUT2D eigenvalue weighted by Crippen LogP contribution is -2.43. The van der Waals surface area contributed by atoms with Gasteiger partial charge in [0.1, 0.15) is 0 Å². The van der Waals surface area contributed by atoms with Gasteiger partial charge in [0.15, 0.2) is 5.82 Å². The average molecular weight is 269 g/mol. The first-order valence-corrected chi connectivity index (χ1v) is 8.08. The van der Waals surface area contributed by atoms with Gasteiger partial charge in [-0.15, -0.1) is 0 Å². The first kappa shape index (κ1) is 13.9. The van der Waals surface area contributed by atoms with E-state index in [-0.39, 0.29) is 5.41 Å². The molecule has 0 spiro atoms. The number of hydrogen-bond donors (Lipinski definition) is 1. The van der Waals surface area contributed by atoms with Crippen LogP contribution in [0.2, 0.25) is 0 Å². The second-order valence-electron chi connectivity index (χ2n) is 4.98. The molecule has 102 valence electrons. The molecule has 0 saturated carbocycles. The van der Waals surface area contributed by atoms with Crippen LogP contribution < -0.4 is 5.32 Å². The SMILES string of the molecule is CCCSCc1noc(C2(CC)CCCNC2)n1. The van der Waals surface area contributed by atoms with Crippen LogP contribution in [-0.4, -0.2) is 29.0 Å². The van der Waals surface area contributed by atoms with Crippen molar-refractivity contribution in [2.24, 2.45) is 0 Å². The highest BCUT2D eigenvalue weighted by Gasteiger charge is 2.37. The van der Waals surface area contributed by atoms with Gasteiger partial charge in [0.2, 0.25) is 5.89 Å². The predicted octanol–water partition coefficient (Wildman–Crippen LogP) is 2.74. The molecule has 1 atom stereocenters. The maximum atomic E-state index is 5.51. The lowest BCUT2D eigenvalue weighted by molar-refractivity contribution is 0.220. The molecule has 5 heteroatoms. The zero-order valence-corrected chi connectivity index (χ0v) is 12.2. The van der Waals surface area contributed by atoms with E-state index in [1.807, 2.05) is 11.8 Å². The van der Waals surface area contributed by atoms with Gasteiger partial charge in [0.25, 0.3) is 0 Å². The topological polar surface area (TPSA) is 51.0 Å².